The van der Waals surface area contributed by atoms with Crippen molar-refractivity contribution >= 4 is 34.8 Å². The summed E-state index contributed by atoms with van der Waals surface area (Å²) in [5.74, 6) is 0.111. The Bertz CT molecular complexity index is 785. The summed E-state index contributed by atoms with van der Waals surface area (Å²) in [6.45, 7) is 4.47. The lowest BCUT2D eigenvalue weighted by Crippen LogP contribution is -2.06. The molecule has 0 radical (unpaired) electrons. The molecule has 3 N–H and O–H groups in total. The largest absolute Gasteiger partial charge is 0.396 e. The van der Waals surface area contributed by atoms with Crippen LogP contribution in [0, 0.1) is 0 Å². The van der Waals surface area contributed by atoms with Crippen molar-refractivity contribution in [3.05, 3.63) is 28.7 Å². The van der Waals surface area contributed by atoms with Gasteiger partial charge in [-0.1, -0.05) is 18.5 Å². The van der Waals surface area contributed by atoms with Gasteiger partial charge >= 0.3 is 0 Å². The molecule has 2 aromatic heterocycles. The fourth-order valence-electron chi connectivity index (χ4n) is 2.52. The number of nitrogens with two attached hydrogens (primary N) is 1. The molecule has 0 aliphatic rings. The maximum absolute atomic E-state index is 9.31. The Kier molecular flexibility index (Phi) is 6.92. The molecule has 1 unspecified atom stereocenters. The van der Waals surface area contributed by atoms with Crippen molar-refractivity contribution in [2.45, 2.75) is 39.3 Å². The van der Waals surface area contributed by atoms with E-state index >= 15 is 0 Å². The molecule has 0 fully saturated rings. The topological polar surface area (TPSA) is 98.5 Å². The van der Waals surface area contributed by atoms with Crippen molar-refractivity contribution in [3.63, 3.8) is 0 Å². The average molecular weight is 366 g/mol. The number of nitrogens with zero attached hydrogens (tertiary/aromatic N) is 4. The van der Waals surface area contributed by atoms with Gasteiger partial charge in [0.05, 0.1) is 23.7 Å². The molecular formula is C17H24ClN5O2. The Labute approximate surface area is 152 Å². The Balaban J connectivity index is 2.51. The number of methoxy groups -OCH3 is 1. The third-order valence-corrected chi connectivity index (χ3v) is 3.99. The Hall–Kier alpha value is -1.96. The standard InChI is InChI=1S/C17H24ClN5O2/c1-4-6-20-13(8-11(2)25-3)10-23-9-12(5-7-24)14-15(18)21-17(19)22-16(14)23/h6,8-9,11,24H,4-5,7,10H2,1-3H3,(H2,19,21,22)/b13-8-,20-6?. The second kappa shape index (κ2) is 8.94. The Morgan fingerprint density at radius 3 is 2.92 bits per heavy atom. The number of hydrogen-bond donors (Lipinski definition) is 2. The first kappa shape index (κ1) is 19.4. The van der Waals surface area contributed by atoms with E-state index in [-0.39, 0.29) is 23.8 Å². The number of halogens is 1. The number of hydrogen-bond acceptors (Lipinski definition) is 6. The first-order chi connectivity index (χ1) is 12.0. The van der Waals surface area contributed by atoms with Gasteiger partial charge in [-0.25, -0.2) is 4.98 Å². The highest BCUT2D eigenvalue weighted by atomic mass is 35.5. The second-order valence-electron chi connectivity index (χ2n) is 5.65. The molecule has 25 heavy (non-hydrogen) atoms. The van der Waals surface area contributed by atoms with E-state index in [9.17, 15) is 5.11 Å². The highest BCUT2D eigenvalue weighted by Crippen LogP contribution is 2.28. The number of aliphatic hydroxyl groups is 1. The molecule has 0 saturated carbocycles. The monoisotopic (exact) mass is 365 g/mol. The van der Waals surface area contributed by atoms with Gasteiger partial charge in [0.25, 0.3) is 0 Å². The van der Waals surface area contributed by atoms with E-state index in [0.717, 1.165) is 17.7 Å². The molecule has 136 valence electrons. The van der Waals surface area contributed by atoms with Gasteiger partial charge in [0.1, 0.15) is 10.8 Å². The molecule has 2 rings (SSSR count). The SMILES string of the molecule is CCC=N/C(=C\C(C)OC)Cn1cc(CCO)c2c(Cl)nc(N)nc21. The smallest absolute Gasteiger partial charge is 0.223 e. The molecule has 0 bridgehead atoms. The van der Waals surface area contributed by atoms with Gasteiger partial charge < -0.3 is 20.1 Å². The lowest BCUT2D eigenvalue weighted by molar-refractivity contribution is 0.155. The van der Waals surface area contributed by atoms with Crippen LogP contribution >= 0.6 is 11.6 Å². The van der Waals surface area contributed by atoms with E-state index in [2.05, 4.69) is 15.0 Å². The van der Waals surface area contributed by atoms with Gasteiger partial charge in [-0.15, -0.1) is 0 Å². The maximum Gasteiger partial charge on any atom is 0.223 e. The minimum atomic E-state index is -0.0639. The summed E-state index contributed by atoms with van der Waals surface area (Å²) in [5.41, 5.74) is 8.11. The predicted octanol–water partition coefficient (Wildman–Crippen LogP) is 2.60. The molecule has 1 atom stereocenters. The summed E-state index contributed by atoms with van der Waals surface area (Å²) in [6.07, 6.45) is 6.95. The lowest BCUT2D eigenvalue weighted by Gasteiger charge is -2.09. The van der Waals surface area contributed by atoms with E-state index < -0.39 is 0 Å². The van der Waals surface area contributed by atoms with Crippen LogP contribution in [0.15, 0.2) is 23.0 Å². The van der Waals surface area contributed by atoms with Crippen molar-refractivity contribution in [1.29, 1.82) is 0 Å². The summed E-state index contributed by atoms with van der Waals surface area (Å²) in [6, 6.07) is 0. The van der Waals surface area contributed by atoms with Gasteiger partial charge in [-0.2, -0.15) is 4.98 Å². The van der Waals surface area contributed by atoms with Crippen molar-refractivity contribution in [2.24, 2.45) is 4.99 Å². The fourth-order valence-corrected chi connectivity index (χ4v) is 2.82. The van der Waals surface area contributed by atoms with Crippen LogP contribution < -0.4 is 5.73 Å². The van der Waals surface area contributed by atoms with Crippen LogP contribution in [0.4, 0.5) is 5.95 Å². The third-order valence-electron chi connectivity index (χ3n) is 3.72. The van der Waals surface area contributed by atoms with Crippen LogP contribution in [0.1, 0.15) is 25.8 Å². The van der Waals surface area contributed by atoms with Crippen LogP contribution in [0.5, 0.6) is 0 Å². The summed E-state index contributed by atoms with van der Waals surface area (Å²) < 4.78 is 7.23. The maximum atomic E-state index is 9.31. The van der Waals surface area contributed by atoms with Gasteiger partial charge in [-0.3, -0.25) is 4.99 Å². The first-order valence-corrected chi connectivity index (χ1v) is 8.55. The molecule has 0 saturated heterocycles. The fraction of sp³-hybridized carbons (Fsp3) is 0.471. The third kappa shape index (κ3) is 4.78. The van der Waals surface area contributed by atoms with E-state index in [1.165, 1.54) is 0 Å². The zero-order valence-electron chi connectivity index (χ0n) is 14.7. The number of fused-ring (bicyclic) bond motifs is 1. The minimum Gasteiger partial charge on any atom is -0.396 e. The molecule has 0 aliphatic heterocycles. The Morgan fingerprint density at radius 1 is 1.52 bits per heavy atom. The number of nitrogen functional groups attached to an aromatic ring is 1. The summed E-state index contributed by atoms with van der Waals surface area (Å²) >= 11 is 6.25. The van der Waals surface area contributed by atoms with Crippen LogP contribution in [0.3, 0.4) is 0 Å². The first-order valence-electron chi connectivity index (χ1n) is 8.17. The van der Waals surface area contributed by atoms with Gasteiger partial charge in [0.15, 0.2) is 0 Å². The summed E-state index contributed by atoms with van der Waals surface area (Å²) in [7, 11) is 1.65. The average Bonchev–Trinajstić information content (AvgIpc) is 2.90. The van der Waals surface area contributed by atoms with Crippen molar-refractivity contribution < 1.29 is 9.84 Å². The number of allylic oxidation sites excluding steroid dienone is 1. The number of aromatic nitrogens is 3. The van der Waals surface area contributed by atoms with Crippen LogP contribution in [0.2, 0.25) is 5.15 Å². The predicted molar refractivity (Wildman–Crippen MR) is 101 cm³/mol. The minimum absolute atomic E-state index is 0.0111. The second-order valence-corrected chi connectivity index (χ2v) is 6.00. The molecular weight excluding hydrogens is 342 g/mol. The normalized spacial score (nSPS) is 13.9. The van der Waals surface area contributed by atoms with E-state index in [1.807, 2.05) is 36.9 Å². The highest BCUT2D eigenvalue weighted by molar-refractivity contribution is 6.34. The number of rotatable bonds is 8. The van der Waals surface area contributed by atoms with Gasteiger partial charge in [0.2, 0.25) is 5.95 Å². The quantitative estimate of drug-likeness (QED) is 0.553. The van der Waals surface area contributed by atoms with Crippen LogP contribution in [0.25, 0.3) is 11.0 Å². The van der Waals surface area contributed by atoms with E-state index in [4.69, 9.17) is 22.1 Å². The molecule has 2 aromatic rings. The number of aliphatic imine (C=N–C) groups is 1. The Morgan fingerprint density at radius 2 is 2.28 bits per heavy atom. The van der Waals surface area contributed by atoms with Crippen molar-refractivity contribution in [2.75, 3.05) is 19.5 Å². The molecule has 2 heterocycles. The summed E-state index contributed by atoms with van der Waals surface area (Å²) in [5, 5.41) is 10.3. The molecule has 0 amide bonds. The highest BCUT2D eigenvalue weighted by Gasteiger charge is 2.16. The van der Waals surface area contributed by atoms with E-state index in [0.29, 0.717) is 24.0 Å². The molecule has 0 spiro atoms. The van der Waals surface area contributed by atoms with Crippen molar-refractivity contribution in [3.8, 4) is 0 Å². The molecule has 0 aromatic carbocycles. The van der Waals surface area contributed by atoms with Gasteiger partial charge in [0, 0.05) is 26.1 Å². The van der Waals surface area contributed by atoms with Crippen molar-refractivity contribution in [1.82, 2.24) is 14.5 Å². The molecule has 0 aliphatic carbocycles. The van der Waals surface area contributed by atoms with Crippen LogP contribution in [-0.4, -0.2) is 45.7 Å². The van der Waals surface area contributed by atoms with Crippen LogP contribution in [-0.2, 0) is 17.7 Å². The number of aliphatic hydroxyl groups excluding tert-OH is 1. The number of anilines is 1. The molecule has 8 heteroatoms. The number of ether oxygens (including phenoxy) is 1. The zero-order chi connectivity index (χ0) is 18.4. The molecule has 7 nitrogen and oxygen atoms in total. The lowest BCUT2D eigenvalue weighted by atomic mass is 10.2. The van der Waals surface area contributed by atoms with Gasteiger partial charge in [-0.05, 0) is 31.4 Å². The zero-order valence-corrected chi connectivity index (χ0v) is 15.5. The summed E-state index contributed by atoms with van der Waals surface area (Å²) in [4.78, 5) is 12.9. The van der Waals surface area contributed by atoms with E-state index in [1.54, 1.807) is 7.11 Å².